The molecule has 4 aliphatic rings. The van der Waals surface area contributed by atoms with Gasteiger partial charge in [0.05, 0.1) is 53.8 Å². The smallest absolute Gasteiger partial charge is 0.260 e. The second kappa shape index (κ2) is 13.2. The summed E-state index contributed by atoms with van der Waals surface area (Å²) in [5.74, 6) is -5.13. The predicted molar refractivity (Wildman–Crippen MR) is 202 cm³/mol. The number of benzene rings is 4. The van der Waals surface area contributed by atoms with Gasteiger partial charge in [-0.15, -0.1) is 0 Å². The lowest BCUT2D eigenvalue weighted by molar-refractivity contribution is -0.138. The van der Waals surface area contributed by atoms with Gasteiger partial charge in [0.2, 0.25) is 11.8 Å². The average molecular weight is 818 g/mol. The van der Waals surface area contributed by atoms with Crippen LogP contribution in [0.4, 0.5) is 11.4 Å². The van der Waals surface area contributed by atoms with Crippen LogP contribution in [0.5, 0.6) is 17.2 Å². The maximum absolute atomic E-state index is 15.4. The molecule has 3 fully saturated rings. The van der Waals surface area contributed by atoms with Gasteiger partial charge in [-0.05, 0) is 97.1 Å². The highest BCUT2D eigenvalue weighted by atomic mass is 79.9. The molecule has 4 aromatic carbocycles. The van der Waals surface area contributed by atoms with Crippen LogP contribution < -0.4 is 19.8 Å². The number of carbonyl (C=O) groups is 4. The van der Waals surface area contributed by atoms with Gasteiger partial charge in [0, 0.05) is 21.0 Å². The lowest BCUT2D eigenvalue weighted by Gasteiger charge is -2.50. The maximum Gasteiger partial charge on any atom is 0.260 e. The highest BCUT2D eigenvalue weighted by Crippen LogP contribution is 2.65. The first-order valence-electron chi connectivity index (χ1n) is 16.9. The summed E-state index contributed by atoms with van der Waals surface area (Å²) in [6, 6.07) is 23.3. The number of nitrogens with zero attached hydrogens (tertiary/aromatic N) is 2. The van der Waals surface area contributed by atoms with Gasteiger partial charge in [-0.25, -0.2) is 0 Å². The summed E-state index contributed by atoms with van der Waals surface area (Å²) in [6.07, 6.45) is 2.23. The number of anilines is 2. The first-order valence-corrected chi connectivity index (χ1v) is 18.5. The van der Waals surface area contributed by atoms with Gasteiger partial charge in [0.1, 0.15) is 17.2 Å². The molecule has 2 saturated heterocycles. The van der Waals surface area contributed by atoms with Crippen molar-refractivity contribution in [2.45, 2.75) is 24.2 Å². The highest BCUT2D eigenvalue weighted by molar-refractivity contribution is 9.10. The number of hydrazine groups is 1. The van der Waals surface area contributed by atoms with Crippen molar-refractivity contribution < 1.29 is 33.8 Å². The third kappa shape index (κ3) is 5.34. The fraction of sp³-hybridized carbons (Fsp3) is 0.250. The summed E-state index contributed by atoms with van der Waals surface area (Å²) in [4.78, 5) is 60.1. The van der Waals surface area contributed by atoms with E-state index in [0.29, 0.717) is 38.9 Å². The van der Waals surface area contributed by atoms with E-state index in [1.54, 1.807) is 72.8 Å². The summed E-state index contributed by atoms with van der Waals surface area (Å²) in [5.41, 5.74) is 3.61. The van der Waals surface area contributed by atoms with E-state index < -0.39 is 46.8 Å². The number of fused-ring (bicyclic) bond motifs is 4. The minimum atomic E-state index is -1.63. The molecule has 0 aromatic heterocycles. The number of methoxy groups -OCH3 is 2. The van der Waals surface area contributed by atoms with E-state index in [9.17, 15) is 19.5 Å². The topological polar surface area (TPSA) is 125 Å². The van der Waals surface area contributed by atoms with Crippen LogP contribution in [0.15, 0.2) is 101 Å². The molecule has 6 atom stereocenters. The number of halogens is 3. The molecule has 2 aliphatic heterocycles. The van der Waals surface area contributed by atoms with Crippen LogP contribution >= 0.6 is 39.1 Å². The van der Waals surface area contributed by atoms with Crippen molar-refractivity contribution in [2.24, 2.45) is 23.7 Å². The number of rotatable bonds is 7. The van der Waals surface area contributed by atoms with Crippen LogP contribution in [0.1, 0.15) is 29.9 Å². The van der Waals surface area contributed by atoms with Crippen molar-refractivity contribution in [2.75, 3.05) is 24.5 Å². The van der Waals surface area contributed by atoms with Crippen LogP contribution in [-0.4, -0.2) is 48.0 Å². The molecule has 0 radical (unpaired) electrons. The normalized spacial score (nSPS) is 26.2. The van der Waals surface area contributed by atoms with Gasteiger partial charge in [0.15, 0.2) is 0 Å². The van der Waals surface area contributed by atoms with Gasteiger partial charge in [-0.2, -0.15) is 5.01 Å². The van der Waals surface area contributed by atoms with Crippen molar-refractivity contribution in [1.29, 1.82) is 0 Å². The van der Waals surface area contributed by atoms with E-state index in [1.165, 1.54) is 31.3 Å². The zero-order valence-electron chi connectivity index (χ0n) is 28.4. The van der Waals surface area contributed by atoms with E-state index in [-0.39, 0.29) is 41.1 Å². The Bertz CT molecular complexity index is 2230. The second-order valence-corrected chi connectivity index (χ2v) is 15.4. The van der Waals surface area contributed by atoms with Crippen molar-refractivity contribution in [3.05, 3.63) is 122 Å². The monoisotopic (exact) mass is 815 g/mol. The molecule has 10 nitrogen and oxygen atoms in total. The minimum absolute atomic E-state index is 0.0740. The fourth-order valence-electron chi connectivity index (χ4n) is 8.92. The molecule has 0 bridgehead atoms. The molecule has 13 heteroatoms. The van der Waals surface area contributed by atoms with Crippen molar-refractivity contribution >= 4 is 74.1 Å². The average Bonchev–Trinajstić information content (AvgIpc) is 3.54. The van der Waals surface area contributed by atoms with Gasteiger partial charge in [-0.3, -0.25) is 29.5 Å². The number of nitrogens with one attached hydrogen (secondary N) is 1. The Labute approximate surface area is 323 Å². The highest BCUT2D eigenvalue weighted by Gasteiger charge is 2.70. The number of aromatic hydroxyl groups is 1. The Morgan fingerprint density at radius 3 is 2.21 bits per heavy atom. The molecule has 2 heterocycles. The van der Waals surface area contributed by atoms with Gasteiger partial charge in [0.25, 0.3) is 11.8 Å². The Morgan fingerprint density at radius 2 is 1.53 bits per heavy atom. The molecule has 2 aliphatic carbocycles. The molecular weight excluding hydrogens is 785 g/mol. The molecule has 1 saturated carbocycles. The summed E-state index contributed by atoms with van der Waals surface area (Å²) < 4.78 is 11.9. The van der Waals surface area contributed by atoms with Gasteiger partial charge >= 0.3 is 0 Å². The van der Waals surface area contributed by atoms with Crippen LogP contribution in [0, 0.1) is 23.7 Å². The number of imide groups is 2. The largest absolute Gasteiger partial charge is 0.508 e. The predicted octanol–water partition coefficient (Wildman–Crippen LogP) is 7.67. The molecule has 270 valence electrons. The van der Waals surface area contributed by atoms with E-state index in [2.05, 4.69) is 21.4 Å². The van der Waals surface area contributed by atoms with Crippen molar-refractivity contribution in [3.63, 3.8) is 0 Å². The lowest BCUT2D eigenvalue weighted by atomic mass is 9.49. The minimum Gasteiger partial charge on any atom is -0.508 e. The third-order valence-electron chi connectivity index (χ3n) is 11.2. The molecular formula is C40H32BrCl2N3O7. The quantitative estimate of drug-likeness (QED) is 0.144. The van der Waals surface area contributed by atoms with E-state index in [1.807, 2.05) is 6.08 Å². The molecule has 0 unspecified atom stereocenters. The van der Waals surface area contributed by atoms with Crippen molar-refractivity contribution in [3.8, 4) is 17.2 Å². The molecule has 53 heavy (non-hydrogen) atoms. The number of phenolic OH excluding ortho intramolecular Hbond substituents is 1. The number of allylic oxidation sites excluding steroid dienone is 2. The summed E-state index contributed by atoms with van der Waals surface area (Å²) in [6.45, 7) is 0. The number of hydrogen-bond donors (Lipinski definition) is 2. The summed E-state index contributed by atoms with van der Waals surface area (Å²) >= 11 is 16.1. The second-order valence-electron chi connectivity index (χ2n) is 13.6. The maximum atomic E-state index is 15.4. The Balaban J connectivity index is 1.35. The molecule has 0 spiro atoms. The van der Waals surface area contributed by atoms with Crippen LogP contribution in [-0.2, 0) is 24.6 Å². The van der Waals surface area contributed by atoms with E-state index >= 15 is 4.79 Å². The van der Waals surface area contributed by atoms with E-state index in [4.69, 9.17) is 32.7 Å². The van der Waals surface area contributed by atoms with Crippen LogP contribution in [0.2, 0.25) is 10.0 Å². The molecule has 4 amide bonds. The molecule has 8 rings (SSSR count). The third-order valence-corrected chi connectivity index (χ3v) is 12.3. The Kier molecular flexibility index (Phi) is 8.79. The molecule has 4 aromatic rings. The fourth-order valence-corrected chi connectivity index (χ4v) is 9.64. The lowest BCUT2D eigenvalue weighted by Crippen LogP contribution is -2.53. The van der Waals surface area contributed by atoms with E-state index in [0.717, 1.165) is 9.48 Å². The standard InChI is InChI=1S/C40H32BrCl2N3O7/c1-52-24-10-3-20(4-11-24)40-30(37(49)46(39(40)51)44-32-15-7-22(42)17-31(32)43)19-28-26(35(40)29-18-25(53-2)12-16-33(29)47)13-14-27-34(28)38(50)45(36(27)48)23-8-5-21(41)6-9-23/h3-13,15-18,27-28,30,34-35,44,47H,14,19H2,1-2H3/t27-,28+,30-,34-,35+,40+/m0/s1. The van der Waals surface area contributed by atoms with Crippen LogP contribution in [0.25, 0.3) is 0 Å². The first-order chi connectivity index (χ1) is 25.5. The summed E-state index contributed by atoms with van der Waals surface area (Å²) in [7, 11) is 3.03. The Morgan fingerprint density at radius 1 is 0.830 bits per heavy atom. The van der Waals surface area contributed by atoms with Crippen LogP contribution in [0.3, 0.4) is 0 Å². The van der Waals surface area contributed by atoms with Crippen molar-refractivity contribution in [1.82, 2.24) is 5.01 Å². The van der Waals surface area contributed by atoms with Gasteiger partial charge in [-0.1, -0.05) is 62.9 Å². The number of ether oxygens (including phenoxy) is 2. The number of carbonyl (C=O) groups excluding carboxylic acids is 4. The number of phenols is 1. The zero-order chi connectivity index (χ0) is 37.3. The van der Waals surface area contributed by atoms with Gasteiger partial charge < -0.3 is 14.6 Å². The summed E-state index contributed by atoms with van der Waals surface area (Å²) in [5, 5.41) is 13.2. The molecule has 2 N–H and O–H groups in total. The first kappa shape index (κ1) is 35.2. The number of amides is 4. The SMILES string of the molecule is COc1ccc([C@@]23C(=O)N(Nc4ccc(Cl)cc4Cl)C(=O)[C@@H]2C[C@@H]2C(=CC[C@@H]4C(=O)N(c5ccc(Br)cc5)C(=O)[C@@H]42)[C@@H]3c2cc(OC)ccc2O)cc1. The Hall–Kier alpha value is -4.84. The number of hydrogen-bond acceptors (Lipinski definition) is 8. The zero-order valence-corrected chi connectivity index (χ0v) is 31.5.